The van der Waals surface area contributed by atoms with E-state index < -0.39 is 0 Å². The van der Waals surface area contributed by atoms with Gasteiger partial charge in [0.2, 0.25) is 5.88 Å². The van der Waals surface area contributed by atoms with Crippen LogP contribution in [0.5, 0.6) is 0 Å². The van der Waals surface area contributed by atoms with E-state index in [2.05, 4.69) is 212 Å². The maximum absolute atomic E-state index is 7.35. The third kappa shape index (κ3) is 6.78. The molecule has 2 aliphatic rings. The van der Waals surface area contributed by atoms with Crippen LogP contribution in [-0.2, 0) is 21.7 Å². The van der Waals surface area contributed by atoms with Crippen molar-refractivity contribution in [2.24, 2.45) is 0 Å². The quantitative estimate of drug-likeness (QED) is 0.166. The van der Waals surface area contributed by atoms with E-state index in [1.54, 1.807) is 0 Å². The number of nitrogens with zero attached hydrogens (tertiary/aromatic N) is 2. The highest BCUT2D eigenvalue weighted by atomic mass is 16.4. The Bertz CT molecular complexity index is 3210. The van der Waals surface area contributed by atoms with Crippen molar-refractivity contribution in [1.29, 1.82) is 0 Å². The van der Waals surface area contributed by atoms with E-state index in [1.807, 2.05) is 12.3 Å². The van der Waals surface area contributed by atoms with Crippen LogP contribution in [0, 0.1) is 27.7 Å². The minimum atomic E-state index is -0.160. The summed E-state index contributed by atoms with van der Waals surface area (Å²) < 4.78 is 13.6. The highest BCUT2D eigenvalue weighted by Crippen LogP contribution is 2.51. The summed E-state index contributed by atoms with van der Waals surface area (Å²) in [5.41, 5.74) is 23.8. The van der Waals surface area contributed by atoms with Gasteiger partial charge in [-0.15, -0.1) is 0 Å². The number of para-hydroxylation sites is 1. The molecule has 4 heterocycles. The maximum atomic E-state index is 7.35. The number of fused-ring (bicyclic) bond motifs is 7. The SMILES string of the molecule is Cc1cc(C(C)(C)C)cc(C)c1N1c2cc(-c3coc4ccccc34)ccc2B2c3c1cc(C(C)(C)C)cc3N(c1c(C)cc(C(C)(C)C)cc1C)c1oc3ccc(C(C)(C)C)cc3c12. The molecule has 2 aliphatic heterocycles. The first-order valence-corrected chi connectivity index (χ1v) is 23.6. The molecule has 0 radical (unpaired) electrons. The average molecular weight is 857 g/mol. The molecule has 10 rings (SSSR count). The monoisotopic (exact) mass is 857 g/mol. The van der Waals surface area contributed by atoms with Gasteiger partial charge in [-0.2, -0.15) is 0 Å². The predicted molar refractivity (Wildman–Crippen MR) is 279 cm³/mol. The predicted octanol–water partition coefficient (Wildman–Crippen LogP) is 15.4. The Kier molecular flexibility index (Phi) is 9.44. The summed E-state index contributed by atoms with van der Waals surface area (Å²) in [7, 11) is 0. The smallest absolute Gasteiger partial charge is 0.257 e. The van der Waals surface area contributed by atoms with Gasteiger partial charge in [-0.3, -0.25) is 4.90 Å². The van der Waals surface area contributed by atoms with Crippen molar-refractivity contribution >= 4 is 79.4 Å². The molecule has 0 atom stereocenters. The van der Waals surface area contributed by atoms with Gasteiger partial charge in [-0.05, 0) is 147 Å². The zero-order valence-electron chi connectivity index (χ0n) is 41.6. The lowest BCUT2D eigenvalue weighted by Crippen LogP contribution is -2.61. The molecule has 8 aromatic rings. The Hall–Kier alpha value is -5.94. The number of furan rings is 2. The number of rotatable bonds is 3. The van der Waals surface area contributed by atoms with Gasteiger partial charge in [-0.25, -0.2) is 0 Å². The first-order valence-electron chi connectivity index (χ1n) is 23.6. The summed E-state index contributed by atoms with van der Waals surface area (Å²) >= 11 is 0. The summed E-state index contributed by atoms with van der Waals surface area (Å²) in [5, 5.41) is 2.29. The van der Waals surface area contributed by atoms with E-state index in [1.165, 1.54) is 94.7 Å². The van der Waals surface area contributed by atoms with Gasteiger partial charge >= 0.3 is 0 Å². The van der Waals surface area contributed by atoms with Gasteiger partial charge in [0.05, 0.1) is 17.6 Å². The molecule has 4 nitrogen and oxygen atoms in total. The van der Waals surface area contributed by atoms with Crippen LogP contribution in [0.4, 0.5) is 34.3 Å². The van der Waals surface area contributed by atoms with Crippen LogP contribution in [-0.4, -0.2) is 6.71 Å². The van der Waals surface area contributed by atoms with E-state index in [9.17, 15) is 0 Å². The van der Waals surface area contributed by atoms with Crippen molar-refractivity contribution in [3.8, 4) is 11.1 Å². The lowest BCUT2D eigenvalue weighted by Gasteiger charge is -2.45. The molecule has 0 bridgehead atoms. The van der Waals surface area contributed by atoms with Crippen LogP contribution in [0.25, 0.3) is 33.1 Å². The summed E-state index contributed by atoms with van der Waals surface area (Å²) in [6.07, 6.45) is 1.93. The zero-order valence-corrected chi connectivity index (χ0v) is 41.6. The highest BCUT2D eigenvalue weighted by Gasteiger charge is 2.48. The molecule has 0 fully saturated rings. The van der Waals surface area contributed by atoms with Crippen molar-refractivity contribution in [1.82, 2.24) is 0 Å². The van der Waals surface area contributed by atoms with Gasteiger partial charge in [-0.1, -0.05) is 144 Å². The van der Waals surface area contributed by atoms with Crippen molar-refractivity contribution in [2.45, 2.75) is 132 Å². The van der Waals surface area contributed by atoms with Crippen LogP contribution in [0.15, 0.2) is 112 Å². The first-order chi connectivity index (χ1) is 30.4. The largest absolute Gasteiger partial charge is 0.464 e. The Balaban J connectivity index is 1.38. The molecule has 65 heavy (non-hydrogen) atoms. The van der Waals surface area contributed by atoms with E-state index >= 15 is 0 Å². The van der Waals surface area contributed by atoms with Crippen molar-refractivity contribution in [2.75, 3.05) is 9.80 Å². The lowest BCUT2D eigenvalue weighted by molar-refractivity contribution is 0.587. The minimum Gasteiger partial charge on any atom is -0.464 e. The zero-order chi connectivity index (χ0) is 46.4. The van der Waals surface area contributed by atoms with Gasteiger partial charge in [0.1, 0.15) is 11.2 Å². The van der Waals surface area contributed by atoms with Crippen molar-refractivity contribution in [3.63, 3.8) is 0 Å². The maximum Gasteiger partial charge on any atom is 0.257 e. The topological polar surface area (TPSA) is 32.8 Å². The molecule has 0 amide bonds. The fourth-order valence-corrected chi connectivity index (χ4v) is 10.7. The molecule has 0 saturated heterocycles. The third-order valence-corrected chi connectivity index (χ3v) is 14.4. The molecule has 0 saturated carbocycles. The third-order valence-electron chi connectivity index (χ3n) is 14.4. The number of benzene rings is 6. The fraction of sp³-hybridized carbons (Fsp3) is 0.333. The van der Waals surface area contributed by atoms with E-state index in [4.69, 9.17) is 8.83 Å². The number of anilines is 6. The van der Waals surface area contributed by atoms with Crippen LogP contribution in [0.2, 0.25) is 0 Å². The summed E-state index contributed by atoms with van der Waals surface area (Å²) in [6, 6.07) is 37.1. The molecular weight excluding hydrogens is 791 g/mol. The molecular formula is C60H65BN2O2. The second kappa shape index (κ2) is 14.3. The number of aryl methyl sites for hydroxylation is 4. The van der Waals surface area contributed by atoms with Gasteiger partial charge < -0.3 is 13.7 Å². The molecule has 0 N–H and O–H groups in total. The molecule has 0 unspecified atom stereocenters. The van der Waals surface area contributed by atoms with Crippen LogP contribution >= 0.6 is 0 Å². The lowest BCUT2D eigenvalue weighted by atomic mass is 9.33. The summed E-state index contributed by atoms with van der Waals surface area (Å²) in [6.45, 7) is 36.9. The molecule has 6 aromatic carbocycles. The average Bonchev–Trinajstić information content (AvgIpc) is 3.82. The fourth-order valence-electron chi connectivity index (χ4n) is 10.7. The molecule has 5 heteroatoms. The Morgan fingerprint density at radius 2 is 0.969 bits per heavy atom. The van der Waals surface area contributed by atoms with E-state index in [0.717, 1.165) is 33.6 Å². The Labute approximate surface area is 387 Å². The van der Waals surface area contributed by atoms with Crippen LogP contribution in [0.1, 0.15) is 128 Å². The van der Waals surface area contributed by atoms with Gasteiger partial charge in [0.25, 0.3) is 6.71 Å². The molecule has 330 valence electrons. The van der Waals surface area contributed by atoms with E-state index in [-0.39, 0.29) is 28.4 Å². The van der Waals surface area contributed by atoms with Crippen LogP contribution < -0.4 is 26.2 Å². The standard InChI is InChI=1S/C60H65BN2O2/c1-34-25-40(58(8,9)10)26-35(2)54(34)62-47-29-38(45-33-64-50-20-18-17-19-43(45)50)21-23-46(47)61-52-44-30-39(57(5,6)7)22-24-51(44)65-56(52)63(49-32-42(60(14,15)16)31-48(62)53(49)61)55-36(3)27-41(28-37(55)4)59(11,12)13/h17-33H,1-16H3. The Morgan fingerprint density at radius 1 is 0.446 bits per heavy atom. The molecule has 2 aromatic heterocycles. The first kappa shape index (κ1) is 43.0. The molecule has 0 spiro atoms. The number of hydrogen-bond acceptors (Lipinski definition) is 4. The summed E-state index contributed by atoms with van der Waals surface area (Å²) in [4.78, 5) is 5.13. The van der Waals surface area contributed by atoms with Gasteiger partial charge in [0, 0.05) is 38.9 Å². The highest BCUT2D eigenvalue weighted by molar-refractivity contribution is 7.01. The second-order valence-electron chi connectivity index (χ2n) is 23.4. The summed E-state index contributed by atoms with van der Waals surface area (Å²) in [5.74, 6) is 0.904. The van der Waals surface area contributed by atoms with E-state index in [0.29, 0.717) is 0 Å². The normalized spacial score (nSPS) is 14.1. The molecule has 0 aliphatic carbocycles. The second-order valence-corrected chi connectivity index (χ2v) is 23.4. The Morgan fingerprint density at radius 3 is 1.54 bits per heavy atom. The minimum absolute atomic E-state index is 0.00316. The van der Waals surface area contributed by atoms with Gasteiger partial charge in [0.15, 0.2) is 0 Å². The van der Waals surface area contributed by atoms with Crippen LogP contribution in [0.3, 0.4) is 0 Å². The van der Waals surface area contributed by atoms with Crippen molar-refractivity contribution < 1.29 is 8.83 Å². The number of hydrogen-bond donors (Lipinski definition) is 0. The van der Waals surface area contributed by atoms with Crippen molar-refractivity contribution in [3.05, 3.63) is 148 Å².